The monoisotopic (exact) mass is 364 g/mol. The molecule has 0 fully saturated rings. The lowest BCUT2D eigenvalue weighted by molar-refractivity contribution is 0.0949. The van der Waals surface area contributed by atoms with E-state index in [0.717, 1.165) is 16.8 Å². The van der Waals surface area contributed by atoms with Gasteiger partial charge in [-0.1, -0.05) is 24.3 Å². The number of carbonyl (C=O) groups is 1. The van der Waals surface area contributed by atoms with Crippen molar-refractivity contribution in [1.82, 2.24) is 15.3 Å². The summed E-state index contributed by atoms with van der Waals surface area (Å²) >= 11 is 0. The molecule has 1 aromatic heterocycles. The summed E-state index contributed by atoms with van der Waals surface area (Å²) in [6.07, 6.45) is 1.95. The van der Waals surface area contributed by atoms with Crippen molar-refractivity contribution in [3.8, 4) is 0 Å². The Morgan fingerprint density at radius 3 is 2.56 bits per heavy atom. The fourth-order valence-electron chi connectivity index (χ4n) is 2.82. The molecule has 2 aromatic carbocycles. The summed E-state index contributed by atoms with van der Waals surface area (Å²) in [6, 6.07) is 14.1. The van der Waals surface area contributed by atoms with Crippen LogP contribution in [0.15, 0.2) is 54.7 Å². The lowest BCUT2D eigenvalue weighted by Gasteiger charge is -2.09. The molecule has 0 aliphatic carbocycles. The lowest BCUT2D eigenvalue weighted by Crippen LogP contribution is -2.27. The number of benzene rings is 2. The summed E-state index contributed by atoms with van der Waals surface area (Å²) in [6.45, 7) is 4.35. The fraction of sp³-hybridized carbons (Fsp3) is 0.190. The van der Waals surface area contributed by atoms with Gasteiger partial charge in [0.1, 0.15) is 11.5 Å². The van der Waals surface area contributed by atoms with E-state index in [1.54, 1.807) is 24.3 Å². The van der Waals surface area contributed by atoms with E-state index in [2.05, 4.69) is 26.7 Å². The van der Waals surface area contributed by atoms with Crippen LogP contribution in [-0.2, 0) is 6.42 Å². The molecule has 138 valence electrons. The van der Waals surface area contributed by atoms with E-state index in [1.165, 1.54) is 12.3 Å². The van der Waals surface area contributed by atoms with E-state index in [1.807, 2.05) is 26.0 Å². The van der Waals surface area contributed by atoms with Gasteiger partial charge in [0.05, 0.1) is 0 Å². The van der Waals surface area contributed by atoms with Crippen LogP contribution in [0.4, 0.5) is 16.0 Å². The maximum Gasteiger partial charge on any atom is 0.270 e. The smallest absolute Gasteiger partial charge is 0.270 e. The summed E-state index contributed by atoms with van der Waals surface area (Å²) < 4.78 is 13.6. The first kappa shape index (κ1) is 18.5. The Labute approximate surface area is 157 Å². The standard InChI is InChI=1S/C21H21FN4O/c1-14-11-15(2)13-17(12-14)25-21-24-10-8-19(26-21)20(27)23-9-7-16-5-3-4-6-18(16)22/h3-6,8,10-13H,7,9H2,1-2H3,(H,23,27)(H,24,25,26). The van der Waals surface area contributed by atoms with Gasteiger partial charge in [-0.05, 0) is 61.2 Å². The van der Waals surface area contributed by atoms with Crippen LogP contribution >= 0.6 is 0 Å². The van der Waals surface area contributed by atoms with Crippen LogP contribution in [0.2, 0.25) is 0 Å². The Morgan fingerprint density at radius 2 is 1.81 bits per heavy atom. The molecular weight excluding hydrogens is 343 g/mol. The molecule has 0 saturated carbocycles. The Balaban J connectivity index is 1.62. The first-order chi connectivity index (χ1) is 13.0. The fourth-order valence-corrected chi connectivity index (χ4v) is 2.82. The van der Waals surface area contributed by atoms with Gasteiger partial charge < -0.3 is 10.6 Å². The highest BCUT2D eigenvalue weighted by Gasteiger charge is 2.09. The van der Waals surface area contributed by atoms with E-state index < -0.39 is 0 Å². The summed E-state index contributed by atoms with van der Waals surface area (Å²) in [5, 5.41) is 5.88. The summed E-state index contributed by atoms with van der Waals surface area (Å²) in [5.41, 5.74) is 3.94. The van der Waals surface area contributed by atoms with Gasteiger partial charge in [0.2, 0.25) is 5.95 Å². The van der Waals surface area contributed by atoms with Gasteiger partial charge in [-0.25, -0.2) is 14.4 Å². The second-order valence-electron chi connectivity index (χ2n) is 6.36. The molecule has 27 heavy (non-hydrogen) atoms. The molecule has 0 aliphatic rings. The molecule has 3 rings (SSSR count). The van der Waals surface area contributed by atoms with Crippen LogP contribution < -0.4 is 10.6 Å². The van der Waals surface area contributed by atoms with Crippen molar-refractivity contribution in [1.29, 1.82) is 0 Å². The van der Waals surface area contributed by atoms with Gasteiger partial charge in [0, 0.05) is 18.4 Å². The quantitative estimate of drug-likeness (QED) is 0.695. The SMILES string of the molecule is Cc1cc(C)cc(Nc2nccc(C(=O)NCCc3ccccc3F)n2)c1. The van der Waals surface area contributed by atoms with Crippen LogP contribution in [0.3, 0.4) is 0 Å². The molecule has 3 aromatic rings. The average Bonchev–Trinajstić information content (AvgIpc) is 2.62. The van der Waals surface area contributed by atoms with Crippen LogP contribution in [-0.4, -0.2) is 22.4 Å². The number of aromatic nitrogens is 2. The van der Waals surface area contributed by atoms with Crippen molar-refractivity contribution in [2.24, 2.45) is 0 Å². The molecular formula is C21H21FN4O. The van der Waals surface area contributed by atoms with E-state index >= 15 is 0 Å². The minimum Gasteiger partial charge on any atom is -0.350 e. The molecule has 1 heterocycles. The molecule has 0 bridgehead atoms. The Bertz CT molecular complexity index is 938. The first-order valence-electron chi connectivity index (χ1n) is 8.71. The van der Waals surface area contributed by atoms with E-state index in [9.17, 15) is 9.18 Å². The molecule has 2 N–H and O–H groups in total. The molecule has 0 spiro atoms. The van der Waals surface area contributed by atoms with Gasteiger partial charge in [-0.15, -0.1) is 0 Å². The van der Waals surface area contributed by atoms with Crippen LogP contribution in [0.1, 0.15) is 27.2 Å². The third-order valence-corrected chi connectivity index (χ3v) is 4.00. The minimum absolute atomic E-state index is 0.255. The van der Waals surface area contributed by atoms with E-state index in [4.69, 9.17) is 0 Å². The van der Waals surface area contributed by atoms with Crippen molar-refractivity contribution in [2.45, 2.75) is 20.3 Å². The van der Waals surface area contributed by atoms with Crippen molar-refractivity contribution >= 4 is 17.5 Å². The van der Waals surface area contributed by atoms with E-state index in [-0.39, 0.29) is 17.4 Å². The summed E-state index contributed by atoms with van der Waals surface area (Å²) in [5.74, 6) is -0.243. The average molecular weight is 364 g/mol. The highest BCUT2D eigenvalue weighted by Crippen LogP contribution is 2.17. The number of amides is 1. The second-order valence-corrected chi connectivity index (χ2v) is 6.36. The number of aryl methyl sites for hydroxylation is 2. The predicted octanol–water partition coefficient (Wildman–Crippen LogP) is 3.95. The number of nitrogens with one attached hydrogen (secondary N) is 2. The highest BCUT2D eigenvalue weighted by molar-refractivity contribution is 5.92. The lowest BCUT2D eigenvalue weighted by atomic mass is 10.1. The van der Waals surface area contributed by atoms with Crippen LogP contribution in [0.25, 0.3) is 0 Å². The van der Waals surface area contributed by atoms with Gasteiger partial charge in [-0.2, -0.15) is 0 Å². The third kappa shape index (κ3) is 5.10. The highest BCUT2D eigenvalue weighted by atomic mass is 19.1. The van der Waals surface area contributed by atoms with Crippen molar-refractivity contribution < 1.29 is 9.18 Å². The Kier molecular flexibility index (Phi) is 5.76. The van der Waals surface area contributed by atoms with Crippen molar-refractivity contribution in [3.05, 3.63) is 82.9 Å². The molecule has 5 nitrogen and oxygen atoms in total. The zero-order valence-electron chi connectivity index (χ0n) is 15.3. The number of nitrogens with zero attached hydrogens (tertiary/aromatic N) is 2. The molecule has 0 saturated heterocycles. The van der Waals surface area contributed by atoms with Gasteiger partial charge >= 0.3 is 0 Å². The maximum atomic E-state index is 13.6. The molecule has 0 atom stereocenters. The summed E-state index contributed by atoms with van der Waals surface area (Å²) in [7, 11) is 0. The molecule has 0 unspecified atom stereocenters. The number of carbonyl (C=O) groups excluding carboxylic acids is 1. The molecule has 0 radical (unpaired) electrons. The largest absolute Gasteiger partial charge is 0.350 e. The number of halogens is 1. The molecule has 0 aliphatic heterocycles. The van der Waals surface area contributed by atoms with E-state index in [0.29, 0.717) is 24.5 Å². The summed E-state index contributed by atoms with van der Waals surface area (Å²) in [4.78, 5) is 20.7. The predicted molar refractivity (Wildman–Crippen MR) is 104 cm³/mol. The topological polar surface area (TPSA) is 66.9 Å². The normalized spacial score (nSPS) is 10.5. The zero-order valence-corrected chi connectivity index (χ0v) is 15.3. The van der Waals surface area contributed by atoms with Gasteiger partial charge in [0.15, 0.2) is 0 Å². The van der Waals surface area contributed by atoms with Crippen molar-refractivity contribution in [2.75, 3.05) is 11.9 Å². The van der Waals surface area contributed by atoms with Crippen LogP contribution in [0.5, 0.6) is 0 Å². The second kappa shape index (κ2) is 8.40. The third-order valence-electron chi connectivity index (χ3n) is 4.00. The number of hydrogen-bond acceptors (Lipinski definition) is 4. The van der Waals surface area contributed by atoms with Crippen LogP contribution in [0, 0.1) is 19.7 Å². The maximum absolute atomic E-state index is 13.6. The van der Waals surface area contributed by atoms with Gasteiger partial charge in [0.25, 0.3) is 5.91 Å². The van der Waals surface area contributed by atoms with Gasteiger partial charge in [-0.3, -0.25) is 4.79 Å². The Hall–Kier alpha value is -3.28. The van der Waals surface area contributed by atoms with Crippen molar-refractivity contribution in [3.63, 3.8) is 0 Å². The minimum atomic E-state index is -0.322. The molecule has 1 amide bonds. The Morgan fingerprint density at radius 1 is 1.07 bits per heavy atom. The number of rotatable bonds is 6. The number of anilines is 2. The number of hydrogen-bond donors (Lipinski definition) is 2. The molecule has 6 heteroatoms. The first-order valence-corrected chi connectivity index (χ1v) is 8.71. The zero-order chi connectivity index (χ0) is 19.2.